The van der Waals surface area contributed by atoms with Crippen LogP contribution in [0, 0.1) is 0 Å². The Labute approximate surface area is 144 Å². The van der Waals surface area contributed by atoms with Gasteiger partial charge in [-0.25, -0.2) is 0 Å². The van der Waals surface area contributed by atoms with E-state index in [2.05, 4.69) is 28.0 Å². The lowest BCUT2D eigenvalue weighted by Crippen LogP contribution is -2.56. The van der Waals surface area contributed by atoms with E-state index in [-0.39, 0.29) is 0 Å². The van der Waals surface area contributed by atoms with E-state index in [0.717, 1.165) is 31.5 Å². The van der Waals surface area contributed by atoms with E-state index in [9.17, 15) is 4.79 Å². The molecule has 0 spiro atoms. The first-order valence-electron chi connectivity index (χ1n) is 9.42. The predicted octanol–water partition coefficient (Wildman–Crippen LogP) is 3.37. The van der Waals surface area contributed by atoms with Gasteiger partial charge in [-0.05, 0) is 68.6 Å². The molecule has 3 atom stereocenters. The average Bonchev–Trinajstić information content (AvgIpc) is 2.90. The van der Waals surface area contributed by atoms with Crippen molar-refractivity contribution in [2.45, 2.75) is 69.1 Å². The molecule has 4 rings (SSSR count). The van der Waals surface area contributed by atoms with Crippen molar-refractivity contribution in [2.24, 2.45) is 0 Å². The molecular formula is C20H28N2O2. The monoisotopic (exact) mass is 328 g/mol. The Balaban J connectivity index is 1.52. The Morgan fingerprint density at radius 3 is 2.62 bits per heavy atom. The molecule has 1 amide bonds. The third-order valence-corrected chi connectivity index (χ3v) is 6.35. The van der Waals surface area contributed by atoms with Crippen molar-refractivity contribution >= 4 is 6.41 Å². The van der Waals surface area contributed by atoms with Gasteiger partial charge in [0.1, 0.15) is 5.75 Å². The maximum absolute atomic E-state index is 11.5. The highest BCUT2D eigenvalue weighted by atomic mass is 16.5. The molecule has 3 heterocycles. The second-order valence-electron chi connectivity index (χ2n) is 7.60. The molecule has 0 radical (unpaired) electrons. The first kappa shape index (κ1) is 15.9. The number of benzene rings is 1. The van der Waals surface area contributed by atoms with Crippen LogP contribution in [-0.2, 0) is 4.79 Å². The molecule has 2 bridgehead atoms. The third-order valence-electron chi connectivity index (χ3n) is 6.35. The van der Waals surface area contributed by atoms with Gasteiger partial charge in [-0.15, -0.1) is 0 Å². The van der Waals surface area contributed by atoms with Gasteiger partial charge in [0, 0.05) is 18.6 Å². The highest BCUT2D eigenvalue weighted by Gasteiger charge is 2.45. The lowest BCUT2D eigenvalue weighted by Gasteiger charge is -2.48. The summed E-state index contributed by atoms with van der Waals surface area (Å²) >= 11 is 0. The molecule has 3 aliphatic heterocycles. The maximum Gasteiger partial charge on any atom is 0.210 e. The van der Waals surface area contributed by atoms with Gasteiger partial charge in [0.25, 0.3) is 0 Å². The second kappa shape index (κ2) is 6.75. The number of rotatable bonds is 4. The zero-order chi connectivity index (χ0) is 16.5. The van der Waals surface area contributed by atoms with Gasteiger partial charge in [-0.2, -0.15) is 0 Å². The summed E-state index contributed by atoms with van der Waals surface area (Å²) in [5.74, 6) is 1.59. The molecule has 3 unspecified atom stereocenters. The molecule has 0 aliphatic carbocycles. The molecule has 1 aromatic carbocycles. The molecule has 24 heavy (non-hydrogen) atoms. The molecule has 1 aromatic rings. The number of likely N-dealkylation sites (tertiary alicyclic amines) is 1. The van der Waals surface area contributed by atoms with Gasteiger partial charge >= 0.3 is 0 Å². The number of amides is 1. The number of nitrogens with zero attached hydrogens (tertiary/aromatic N) is 2. The fraction of sp³-hybridized carbons (Fsp3) is 0.650. The minimum absolute atomic E-state index is 0.347. The number of hydrogen-bond donors (Lipinski definition) is 0. The molecule has 3 aliphatic rings. The van der Waals surface area contributed by atoms with E-state index in [1.54, 1.807) is 7.11 Å². The standard InChI is InChI=1S/C20H28N2O2/c1-24-19-6-4-5-15(13-19)16-11-17-8-9-18(12-16)22(17)20-7-2-3-10-21(20)14-23/h4-6,13-14,16-18,20H,2-3,7-12H2,1H3. The Morgan fingerprint density at radius 1 is 1.12 bits per heavy atom. The number of methoxy groups -OCH3 is 1. The molecule has 3 fully saturated rings. The summed E-state index contributed by atoms with van der Waals surface area (Å²) in [4.78, 5) is 16.2. The zero-order valence-corrected chi connectivity index (χ0v) is 14.6. The zero-order valence-electron chi connectivity index (χ0n) is 14.6. The van der Waals surface area contributed by atoms with Crippen molar-refractivity contribution in [3.63, 3.8) is 0 Å². The average molecular weight is 328 g/mol. The number of hydrogen-bond acceptors (Lipinski definition) is 3. The Morgan fingerprint density at radius 2 is 1.92 bits per heavy atom. The van der Waals surface area contributed by atoms with Crippen LogP contribution >= 0.6 is 0 Å². The third kappa shape index (κ3) is 2.81. The van der Waals surface area contributed by atoms with E-state index in [4.69, 9.17) is 4.74 Å². The van der Waals surface area contributed by atoms with Gasteiger partial charge < -0.3 is 9.64 Å². The van der Waals surface area contributed by atoms with Crippen LogP contribution in [0.25, 0.3) is 0 Å². The molecule has 0 aromatic heterocycles. The molecule has 0 N–H and O–H groups in total. The summed E-state index contributed by atoms with van der Waals surface area (Å²) in [6.45, 7) is 0.934. The lowest BCUT2D eigenvalue weighted by molar-refractivity contribution is -0.129. The van der Waals surface area contributed by atoms with Gasteiger partial charge in [0.15, 0.2) is 0 Å². The highest BCUT2D eigenvalue weighted by molar-refractivity contribution is 5.48. The molecule has 4 nitrogen and oxygen atoms in total. The minimum Gasteiger partial charge on any atom is -0.497 e. The van der Waals surface area contributed by atoms with Crippen molar-refractivity contribution < 1.29 is 9.53 Å². The fourth-order valence-electron chi connectivity index (χ4n) is 5.25. The number of carbonyl (C=O) groups excluding carboxylic acids is 1. The quantitative estimate of drug-likeness (QED) is 0.795. The van der Waals surface area contributed by atoms with Crippen LogP contribution in [0.1, 0.15) is 56.4 Å². The number of ether oxygens (including phenoxy) is 1. The van der Waals surface area contributed by atoms with E-state index in [0.29, 0.717) is 24.2 Å². The first-order chi connectivity index (χ1) is 11.8. The van der Waals surface area contributed by atoms with Crippen LogP contribution in [-0.4, -0.2) is 48.1 Å². The highest BCUT2D eigenvalue weighted by Crippen LogP contribution is 2.45. The van der Waals surface area contributed by atoms with Gasteiger partial charge in [0.2, 0.25) is 6.41 Å². The Bertz CT molecular complexity index is 577. The number of piperidine rings is 2. The number of fused-ring (bicyclic) bond motifs is 2. The van der Waals surface area contributed by atoms with Crippen molar-refractivity contribution in [1.82, 2.24) is 9.80 Å². The topological polar surface area (TPSA) is 32.8 Å². The lowest BCUT2D eigenvalue weighted by atomic mass is 9.84. The largest absolute Gasteiger partial charge is 0.497 e. The molecular weight excluding hydrogens is 300 g/mol. The van der Waals surface area contributed by atoms with Crippen LogP contribution in [0.2, 0.25) is 0 Å². The summed E-state index contributed by atoms with van der Waals surface area (Å²) in [7, 11) is 1.74. The van der Waals surface area contributed by atoms with Crippen LogP contribution in [0.3, 0.4) is 0 Å². The van der Waals surface area contributed by atoms with E-state index in [1.165, 1.54) is 37.7 Å². The molecule has 4 heteroatoms. The summed E-state index contributed by atoms with van der Waals surface area (Å²) in [6.07, 6.45) is 9.99. The molecule has 0 saturated carbocycles. The van der Waals surface area contributed by atoms with Crippen LogP contribution in [0.15, 0.2) is 24.3 Å². The van der Waals surface area contributed by atoms with E-state index in [1.807, 2.05) is 6.07 Å². The second-order valence-corrected chi connectivity index (χ2v) is 7.60. The van der Waals surface area contributed by atoms with Crippen molar-refractivity contribution in [2.75, 3.05) is 13.7 Å². The molecule has 130 valence electrons. The summed E-state index contributed by atoms with van der Waals surface area (Å²) in [5.41, 5.74) is 1.42. The Kier molecular flexibility index (Phi) is 4.49. The molecule has 3 saturated heterocycles. The SMILES string of the molecule is COc1cccc(C2CC3CCC(C2)N3C2CCCCN2C=O)c1. The first-order valence-corrected chi connectivity index (χ1v) is 9.42. The van der Waals surface area contributed by atoms with Gasteiger partial charge in [0.05, 0.1) is 13.3 Å². The normalized spacial score (nSPS) is 33.5. The summed E-state index contributed by atoms with van der Waals surface area (Å²) < 4.78 is 5.40. The van der Waals surface area contributed by atoms with Gasteiger partial charge in [-0.3, -0.25) is 9.69 Å². The van der Waals surface area contributed by atoms with Crippen LogP contribution in [0.4, 0.5) is 0 Å². The summed E-state index contributed by atoms with van der Waals surface area (Å²) in [5, 5.41) is 0. The fourth-order valence-corrected chi connectivity index (χ4v) is 5.25. The predicted molar refractivity (Wildman–Crippen MR) is 94.0 cm³/mol. The van der Waals surface area contributed by atoms with Crippen LogP contribution in [0.5, 0.6) is 5.75 Å². The van der Waals surface area contributed by atoms with Crippen LogP contribution < -0.4 is 4.74 Å². The van der Waals surface area contributed by atoms with E-state index < -0.39 is 0 Å². The smallest absolute Gasteiger partial charge is 0.210 e. The maximum atomic E-state index is 11.5. The Hall–Kier alpha value is -1.55. The number of carbonyl (C=O) groups is 1. The van der Waals surface area contributed by atoms with Crippen molar-refractivity contribution in [3.8, 4) is 5.75 Å². The minimum atomic E-state index is 0.347. The van der Waals surface area contributed by atoms with E-state index >= 15 is 0 Å². The van der Waals surface area contributed by atoms with Gasteiger partial charge in [-0.1, -0.05) is 12.1 Å². The van der Waals surface area contributed by atoms with Crippen molar-refractivity contribution in [3.05, 3.63) is 29.8 Å². The van der Waals surface area contributed by atoms with Crippen molar-refractivity contribution in [1.29, 1.82) is 0 Å². The summed E-state index contributed by atoms with van der Waals surface area (Å²) in [6, 6.07) is 9.85.